The van der Waals surface area contributed by atoms with Crippen molar-refractivity contribution in [3.05, 3.63) is 41.7 Å². The maximum Gasteiger partial charge on any atom is 0.164 e. The molecule has 0 spiro atoms. The molecule has 1 heterocycles. The van der Waals surface area contributed by atoms with Crippen LogP contribution in [0.1, 0.15) is 31.3 Å². The van der Waals surface area contributed by atoms with E-state index in [1.165, 1.54) is 25.4 Å². The third kappa shape index (κ3) is 3.08. The molecule has 0 aliphatic rings. The zero-order valence-corrected chi connectivity index (χ0v) is 10.9. The Hall–Kier alpha value is -1.95. The Bertz CT molecular complexity index is 555. The summed E-state index contributed by atoms with van der Waals surface area (Å²) in [6.45, 7) is 4.40. The van der Waals surface area contributed by atoms with E-state index in [0.717, 1.165) is 0 Å². The summed E-state index contributed by atoms with van der Waals surface area (Å²) in [5.41, 5.74) is 0.254. The summed E-state index contributed by atoms with van der Waals surface area (Å²) in [7, 11) is 0. The van der Waals surface area contributed by atoms with Crippen molar-refractivity contribution in [2.75, 3.05) is 0 Å². The number of aliphatic hydroxyl groups excluding tert-OH is 1. The van der Waals surface area contributed by atoms with Gasteiger partial charge < -0.3 is 9.84 Å². The van der Waals surface area contributed by atoms with Crippen molar-refractivity contribution in [3.8, 4) is 5.75 Å². The average molecular weight is 265 g/mol. The van der Waals surface area contributed by atoms with Crippen LogP contribution in [0, 0.1) is 5.82 Å². The van der Waals surface area contributed by atoms with Crippen LogP contribution >= 0.6 is 0 Å². The highest BCUT2D eigenvalue weighted by Crippen LogP contribution is 2.22. The number of rotatable bonds is 5. The standard InChI is InChI=1S/C13H16FN3O2/c1-3-17-13(15-8-16-17)7-19-10-4-5-11(9(2)18)12(14)6-10/h4-6,8-9,18H,3,7H2,1-2H3/t9-/m0/s1. The lowest BCUT2D eigenvalue weighted by molar-refractivity contribution is 0.193. The Kier molecular flexibility index (Phi) is 4.11. The van der Waals surface area contributed by atoms with Crippen LogP contribution in [0.2, 0.25) is 0 Å². The number of aryl methyl sites for hydroxylation is 1. The van der Waals surface area contributed by atoms with Crippen molar-refractivity contribution in [2.45, 2.75) is 33.1 Å². The van der Waals surface area contributed by atoms with Crippen molar-refractivity contribution in [1.29, 1.82) is 0 Å². The smallest absolute Gasteiger partial charge is 0.164 e. The van der Waals surface area contributed by atoms with Gasteiger partial charge in [0.15, 0.2) is 5.82 Å². The Morgan fingerprint density at radius 3 is 2.89 bits per heavy atom. The fraction of sp³-hybridized carbons (Fsp3) is 0.385. The van der Waals surface area contributed by atoms with Gasteiger partial charge in [0.25, 0.3) is 0 Å². The minimum atomic E-state index is -0.836. The van der Waals surface area contributed by atoms with Gasteiger partial charge in [0.1, 0.15) is 24.5 Å². The highest BCUT2D eigenvalue weighted by atomic mass is 19.1. The molecule has 0 saturated carbocycles. The Labute approximate surface area is 110 Å². The normalized spacial score (nSPS) is 12.4. The SMILES string of the molecule is CCn1ncnc1COc1ccc([C@H](C)O)c(F)c1. The lowest BCUT2D eigenvalue weighted by Gasteiger charge is -2.10. The number of nitrogens with zero attached hydrogens (tertiary/aromatic N) is 3. The largest absolute Gasteiger partial charge is 0.486 e. The van der Waals surface area contributed by atoms with E-state index >= 15 is 0 Å². The number of aromatic nitrogens is 3. The van der Waals surface area contributed by atoms with E-state index in [9.17, 15) is 9.50 Å². The molecule has 1 aromatic heterocycles. The highest BCUT2D eigenvalue weighted by Gasteiger charge is 2.10. The van der Waals surface area contributed by atoms with Crippen LogP contribution in [-0.2, 0) is 13.2 Å². The second-order valence-corrected chi connectivity index (χ2v) is 4.14. The molecule has 0 amide bonds. The molecule has 2 aromatic rings. The Morgan fingerprint density at radius 2 is 2.26 bits per heavy atom. The molecular formula is C13H16FN3O2. The Morgan fingerprint density at radius 1 is 1.47 bits per heavy atom. The summed E-state index contributed by atoms with van der Waals surface area (Å²) >= 11 is 0. The van der Waals surface area contributed by atoms with E-state index in [2.05, 4.69) is 10.1 Å². The fourth-order valence-corrected chi connectivity index (χ4v) is 1.75. The van der Waals surface area contributed by atoms with Crippen molar-refractivity contribution in [3.63, 3.8) is 0 Å². The van der Waals surface area contributed by atoms with Gasteiger partial charge in [-0.1, -0.05) is 0 Å². The van der Waals surface area contributed by atoms with Gasteiger partial charge in [0, 0.05) is 18.2 Å². The molecule has 0 radical (unpaired) electrons. The summed E-state index contributed by atoms with van der Waals surface area (Å²) < 4.78 is 20.8. The van der Waals surface area contributed by atoms with E-state index in [0.29, 0.717) is 18.1 Å². The van der Waals surface area contributed by atoms with E-state index < -0.39 is 11.9 Å². The van der Waals surface area contributed by atoms with Crippen LogP contribution in [0.5, 0.6) is 5.75 Å². The summed E-state index contributed by atoms with van der Waals surface area (Å²) in [5.74, 6) is 0.597. The van der Waals surface area contributed by atoms with Crippen LogP contribution < -0.4 is 4.74 Å². The number of hydrogen-bond donors (Lipinski definition) is 1. The number of aliphatic hydroxyl groups is 1. The van der Waals surface area contributed by atoms with Crippen LogP contribution in [0.15, 0.2) is 24.5 Å². The molecule has 6 heteroatoms. The molecule has 1 atom stereocenters. The lowest BCUT2D eigenvalue weighted by Crippen LogP contribution is -2.07. The molecule has 0 fully saturated rings. The minimum absolute atomic E-state index is 0.224. The van der Waals surface area contributed by atoms with Gasteiger partial charge in [0.05, 0.1) is 6.10 Å². The summed E-state index contributed by atoms with van der Waals surface area (Å²) in [5, 5.41) is 13.4. The van der Waals surface area contributed by atoms with Gasteiger partial charge in [0.2, 0.25) is 0 Å². The minimum Gasteiger partial charge on any atom is -0.486 e. The van der Waals surface area contributed by atoms with E-state index in [-0.39, 0.29) is 12.2 Å². The maximum atomic E-state index is 13.6. The second kappa shape index (κ2) is 5.79. The first-order valence-corrected chi connectivity index (χ1v) is 6.08. The van der Waals surface area contributed by atoms with Crippen LogP contribution in [0.3, 0.4) is 0 Å². The molecule has 5 nitrogen and oxygen atoms in total. The third-order valence-corrected chi connectivity index (χ3v) is 2.79. The molecule has 1 N–H and O–H groups in total. The van der Waals surface area contributed by atoms with Crippen LogP contribution in [0.4, 0.5) is 4.39 Å². The molecule has 0 aliphatic carbocycles. The summed E-state index contributed by atoms with van der Waals surface area (Å²) in [6, 6.07) is 4.40. The first kappa shape index (κ1) is 13.5. The topological polar surface area (TPSA) is 60.2 Å². The summed E-state index contributed by atoms with van der Waals surface area (Å²) in [6.07, 6.45) is 0.622. The van der Waals surface area contributed by atoms with Gasteiger partial charge in [-0.3, -0.25) is 0 Å². The van der Waals surface area contributed by atoms with Gasteiger partial charge >= 0.3 is 0 Å². The fourth-order valence-electron chi connectivity index (χ4n) is 1.75. The first-order valence-electron chi connectivity index (χ1n) is 6.08. The van der Waals surface area contributed by atoms with Crippen molar-refractivity contribution >= 4 is 0 Å². The molecule has 0 saturated heterocycles. The molecule has 2 rings (SSSR count). The number of hydrogen-bond acceptors (Lipinski definition) is 4. The zero-order valence-electron chi connectivity index (χ0n) is 10.9. The van der Waals surface area contributed by atoms with E-state index in [1.807, 2.05) is 6.92 Å². The molecule has 19 heavy (non-hydrogen) atoms. The average Bonchev–Trinajstić information content (AvgIpc) is 2.83. The van der Waals surface area contributed by atoms with Crippen molar-refractivity contribution in [1.82, 2.24) is 14.8 Å². The quantitative estimate of drug-likeness (QED) is 0.899. The van der Waals surface area contributed by atoms with Crippen molar-refractivity contribution < 1.29 is 14.2 Å². The first-order chi connectivity index (χ1) is 9.11. The molecule has 1 aromatic carbocycles. The molecule has 0 aliphatic heterocycles. The number of halogens is 1. The molecule has 102 valence electrons. The van der Waals surface area contributed by atoms with Crippen molar-refractivity contribution in [2.24, 2.45) is 0 Å². The molecular weight excluding hydrogens is 249 g/mol. The second-order valence-electron chi connectivity index (χ2n) is 4.14. The maximum absolute atomic E-state index is 13.6. The highest BCUT2D eigenvalue weighted by molar-refractivity contribution is 5.30. The molecule has 0 unspecified atom stereocenters. The van der Waals surface area contributed by atoms with Crippen LogP contribution in [0.25, 0.3) is 0 Å². The van der Waals surface area contributed by atoms with Crippen LogP contribution in [-0.4, -0.2) is 19.9 Å². The predicted molar refractivity (Wildman–Crippen MR) is 67.1 cm³/mol. The van der Waals surface area contributed by atoms with Gasteiger partial charge in [-0.2, -0.15) is 5.10 Å². The van der Waals surface area contributed by atoms with Gasteiger partial charge in [-0.25, -0.2) is 14.1 Å². The monoisotopic (exact) mass is 265 g/mol. The van der Waals surface area contributed by atoms with Gasteiger partial charge in [-0.15, -0.1) is 0 Å². The number of ether oxygens (including phenoxy) is 1. The molecule has 0 bridgehead atoms. The van der Waals surface area contributed by atoms with E-state index in [4.69, 9.17) is 4.74 Å². The van der Waals surface area contributed by atoms with Gasteiger partial charge in [-0.05, 0) is 26.0 Å². The lowest BCUT2D eigenvalue weighted by atomic mass is 10.1. The number of benzene rings is 1. The predicted octanol–water partition coefficient (Wildman–Crippen LogP) is 2.07. The third-order valence-electron chi connectivity index (χ3n) is 2.79. The Balaban J connectivity index is 2.06. The van der Waals surface area contributed by atoms with E-state index in [1.54, 1.807) is 10.7 Å². The summed E-state index contributed by atoms with van der Waals surface area (Å²) in [4.78, 5) is 4.06. The zero-order chi connectivity index (χ0) is 13.8.